The number of hydrogen-bond donors (Lipinski definition) is 0. The molecule has 0 amide bonds. The minimum absolute atomic E-state index is 0.525. The molecule has 4 nitrogen and oxygen atoms in total. The molecule has 1 aliphatic rings. The molecule has 50 valence electrons. The normalized spacial score (nSPS) is 13.9. The maximum Gasteiger partial charge on any atom is 0.230 e. The van der Waals surface area contributed by atoms with Gasteiger partial charge in [-0.1, -0.05) is 0 Å². The highest BCUT2D eigenvalue weighted by Crippen LogP contribution is 2.20. The van der Waals surface area contributed by atoms with Gasteiger partial charge in [0.05, 0.1) is 12.7 Å². The lowest BCUT2D eigenvalue weighted by Crippen LogP contribution is -1.93. The lowest BCUT2D eigenvalue weighted by molar-refractivity contribution is 0.356. The van der Waals surface area contributed by atoms with Crippen molar-refractivity contribution in [1.29, 1.82) is 5.26 Å². The first-order valence-electron chi connectivity index (χ1n) is 3.00. The molecule has 0 saturated carbocycles. The Balaban J connectivity index is 2.57. The first-order chi connectivity index (χ1) is 4.92. The van der Waals surface area contributed by atoms with Crippen LogP contribution in [0.5, 0.6) is 5.88 Å². The van der Waals surface area contributed by atoms with Gasteiger partial charge in [-0.3, -0.25) is 0 Å². The van der Waals surface area contributed by atoms with Crippen LogP contribution in [0.25, 0.3) is 0 Å². The van der Waals surface area contributed by atoms with E-state index in [0.717, 1.165) is 6.54 Å². The minimum atomic E-state index is 0.525. The van der Waals surface area contributed by atoms with Gasteiger partial charge in [-0.25, -0.2) is 4.68 Å². The van der Waals surface area contributed by atoms with Gasteiger partial charge in [0.15, 0.2) is 0 Å². The summed E-state index contributed by atoms with van der Waals surface area (Å²) in [5.41, 5.74) is 0.525. The largest absolute Gasteiger partial charge is 0.475 e. The third-order valence-corrected chi connectivity index (χ3v) is 1.45. The number of nitrogens with zero attached hydrogens (tertiary/aromatic N) is 3. The Bertz CT molecular complexity index is 296. The zero-order chi connectivity index (χ0) is 6.97. The summed E-state index contributed by atoms with van der Waals surface area (Å²) in [5, 5.41) is 12.4. The van der Waals surface area contributed by atoms with E-state index in [0.29, 0.717) is 18.1 Å². The van der Waals surface area contributed by atoms with Crippen LogP contribution < -0.4 is 4.74 Å². The van der Waals surface area contributed by atoms with Crippen molar-refractivity contribution in [2.75, 3.05) is 6.61 Å². The molecule has 0 bridgehead atoms. The second-order valence-electron chi connectivity index (χ2n) is 2.05. The molecule has 0 aromatic carbocycles. The Kier molecular flexibility index (Phi) is 0.921. The minimum Gasteiger partial charge on any atom is -0.475 e. The van der Waals surface area contributed by atoms with Crippen LogP contribution in [0.15, 0.2) is 6.20 Å². The van der Waals surface area contributed by atoms with Gasteiger partial charge < -0.3 is 4.74 Å². The van der Waals surface area contributed by atoms with Crippen molar-refractivity contribution in [1.82, 2.24) is 9.78 Å². The third-order valence-electron chi connectivity index (χ3n) is 1.45. The number of hydrogen-bond acceptors (Lipinski definition) is 3. The Labute approximate surface area is 57.6 Å². The molecule has 0 aliphatic carbocycles. The zero-order valence-corrected chi connectivity index (χ0v) is 5.24. The van der Waals surface area contributed by atoms with Crippen LogP contribution in [0.1, 0.15) is 5.56 Å². The van der Waals surface area contributed by atoms with Crippen molar-refractivity contribution >= 4 is 0 Å². The van der Waals surface area contributed by atoms with E-state index in [1.807, 2.05) is 6.07 Å². The van der Waals surface area contributed by atoms with Crippen LogP contribution in [0.2, 0.25) is 0 Å². The predicted octanol–water partition coefficient (Wildman–Crippen LogP) is 0.147. The molecular formula is C6H5N3O. The van der Waals surface area contributed by atoms with Crippen molar-refractivity contribution in [3.63, 3.8) is 0 Å². The van der Waals surface area contributed by atoms with Crippen LogP contribution in [-0.2, 0) is 6.54 Å². The fourth-order valence-corrected chi connectivity index (χ4v) is 0.991. The molecule has 0 fully saturated rings. The molecule has 1 aromatic heterocycles. The van der Waals surface area contributed by atoms with Gasteiger partial charge in [-0.2, -0.15) is 10.4 Å². The molecule has 1 aliphatic heterocycles. The smallest absolute Gasteiger partial charge is 0.230 e. The van der Waals surface area contributed by atoms with E-state index in [-0.39, 0.29) is 0 Å². The van der Waals surface area contributed by atoms with E-state index >= 15 is 0 Å². The van der Waals surface area contributed by atoms with E-state index in [2.05, 4.69) is 5.10 Å². The average Bonchev–Trinajstić information content (AvgIpc) is 2.44. The quantitative estimate of drug-likeness (QED) is 0.508. The highest BCUT2D eigenvalue weighted by atomic mass is 16.5. The second kappa shape index (κ2) is 1.74. The maximum atomic E-state index is 8.51. The van der Waals surface area contributed by atoms with Crippen LogP contribution in [0.4, 0.5) is 0 Å². The number of ether oxygens (including phenoxy) is 1. The average molecular weight is 135 g/mol. The lowest BCUT2D eigenvalue weighted by atomic mass is 10.4. The molecule has 0 N–H and O–H groups in total. The van der Waals surface area contributed by atoms with Crippen molar-refractivity contribution in [3.8, 4) is 11.9 Å². The summed E-state index contributed by atoms with van der Waals surface area (Å²) in [5.74, 6) is 0.613. The van der Waals surface area contributed by atoms with Gasteiger partial charge in [0.25, 0.3) is 0 Å². The summed E-state index contributed by atoms with van der Waals surface area (Å²) >= 11 is 0. The van der Waals surface area contributed by atoms with Crippen molar-refractivity contribution in [3.05, 3.63) is 11.8 Å². The molecular weight excluding hydrogens is 130 g/mol. The van der Waals surface area contributed by atoms with E-state index in [1.54, 1.807) is 4.68 Å². The molecule has 0 atom stereocenters. The first kappa shape index (κ1) is 5.30. The SMILES string of the molecule is N#Cc1cnn2c1OCC2. The molecule has 0 radical (unpaired) electrons. The van der Waals surface area contributed by atoms with Crippen LogP contribution in [0, 0.1) is 11.3 Å². The summed E-state index contributed by atoms with van der Waals surface area (Å²) in [6, 6.07) is 2.00. The Morgan fingerprint density at radius 2 is 2.70 bits per heavy atom. The Morgan fingerprint density at radius 3 is 3.50 bits per heavy atom. The Hall–Kier alpha value is -1.50. The van der Waals surface area contributed by atoms with Crippen molar-refractivity contribution in [2.24, 2.45) is 0 Å². The van der Waals surface area contributed by atoms with Crippen LogP contribution >= 0.6 is 0 Å². The van der Waals surface area contributed by atoms with Crippen LogP contribution in [-0.4, -0.2) is 16.4 Å². The molecule has 0 saturated heterocycles. The second-order valence-corrected chi connectivity index (χ2v) is 2.05. The maximum absolute atomic E-state index is 8.51. The monoisotopic (exact) mass is 135 g/mol. The Morgan fingerprint density at radius 1 is 1.80 bits per heavy atom. The molecule has 2 heterocycles. The fourth-order valence-electron chi connectivity index (χ4n) is 0.991. The van der Waals surface area contributed by atoms with Crippen molar-refractivity contribution in [2.45, 2.75) is 6.54 Å². The summed E-state index contributed by atoms with van der Waals surface area (Å²) in [6.45, 7) is 1.40. The van der Waals surface area contributed by atoms with Gasteiger partial charge in [-0.05, 0) is 0 Å². The van der Waals surface area contributed by atoms with E-state index in [9.17, 15) is 0 Å². The number of fused-ring (bicyclic) bond motifs is 1. The summed E-state index contributed by atoms with van der Waals surface area (Å²) in [7, 11) is 0. The van der Waals surface area contributed by atoms with E-state index in [4.69, 9.17) is 10.00 Å². The van der Waals surface area contributed by atoms with Gasteiger partial charge in [0.1, 0.15) is 18.2 Å². The van der Waals surface area contributed by atoms with Gasteiger partial charge >= 0.3 is 0 Å². The van der Waals surface area contributed by atoms with E-state index in [1.165, 1.54) is 6.20 Å². The molecule has 1 aromatic rings. The molecule has 10 heavy (non-hydrogen) atoms. The zero-order valence-electron chi connectivity index (χ0n) is 5.24. The standard InChI is InChI=1S/C6H5N3O/c7-3-5-4-8-9-1-2-10-6(5)9/h4H,1-2H2. The number of aromatic nitrogens is 2. The van der Waals surface area contributed by atoms with Gasteiger partial charge in [-0.15, -0.1) is 0 Å². The number of nitriles is 1. The number of rotatable bonds is 0. The highest BCUT2D eigenvalue weighted by molar-refractivity contribution is 5.37. The van der Waals surface area contributed by atoms with Gasteiger partial charge in [0.2, 0.25) is 5.88 Å². The van der Waals surface area contributed by atoms with Crippen LogP contribution in [0.3, 0.4) is 0 Å². The summed E-state index contributed by atoms with van der Waals surface area (Å²) in [4.78, 5) is 0. The molecule has 2 rings (SSSR count). The fraction of sp³-hybridized carbons (Fsp3) is 0.333. The predicted molar refractivity (Wildman–Crippen MR) is 32.4 cm³/mol. The van der Waals surface area contributed by atoms with Gasteiger partial charge in [0, 0.05) is 0 Å². The summed E-state index contributed by atoms with van der Waals surface area (Å²) in [6.07, 6.45) is 1.52. The molecule has 0 unspecified atom stereocenters. The third kappa shape index (κ3) is 0.517. The topological polar surface area (TPSA) is 50.8 Å². The lowest BCUT2D eigenvalue weighted by Gasteiger charge is -1.89. The highest BCUT2D eigenvalue weighted by Gasteiger charge is 2.16. The summed E-state index contributed by atoms with van der Waals surface area (Å²) < 4.78 is 6.83. The van der Waals surface area contributed by atoms with E-state index < -0.39 is 0 Å². The molecule has 0 spiro atoms. The molecule has 4 heteroatoms. The van der Waals surface area contributed by atoms with Crippen molar-refractivity contribution < 1.29 is 4.74 Å². The first-order valence-corrected chi connectivity index (χ1v) is 3.00.